The Morgan fingerprint density at radius 2 is 2.04 bits per heavy atom. The highest BCUT2D eigenvalue weighted by molar-refractivity contribution is 6.05. The van der Waals surface area contributed by atoms with Gasteiger partial charge in [-0.3, -0.25) is 4.79 Å². The van der Waals surface area contributed by atoms with E-state index in [4.69, 9.17) is 4.74 Å². The molecule has 0 atom stereocenters. The molecule has 1 N–H and O–H groups in total. The van der Waals surface area contributed by atoms with Crippen molar-refractivity contribution in [2.24, 2.45) is 0 Å². The monoisotopic (exact) mass is 323 g/mol. The van der Waals surface area contributed by atoms with Crippen molar-refractivity contribution in [1.82, 2.24) is 9.38 Å². The highest BCUT2D eigenvalue weighted by Crippen LogP contribution is 2.26. The number of amides is 1. The van der Waals surface area contributed by atoms with Crippen molar-refractivity contribution in [1.29, 1.82) is 0 Å². The first-order valence-corrected chi connectivity index (χ1v) is 7.97. The fraction of sp³-hybridized carbons (Fsp3) is 0.263. The number of anilines is 1. The zero-order chi connectivity index (χ0) is 17.3. The van der Waals surface area contributed by atoms with E-state index in [0.717, 1.165) is 29.0 Å². The molecular weight excluding hydrogens is 302 g/mol. The van der Waals surface area contributed by atoms with Crippen molar-refractivity contribution >= 4 is 17.2 Å². The number of hydrogen-bond donors (Lipinski definition) is 1. The number of imidazole rings is 1. The zero-order valence-corrected chi connectivity index (χ0v) is 14.4. The van der Waals surface area contributed by atoms with E-state index < -0.39 is 0 Å². The van der Waals surface area contributed by atoms with Crippen LogP contribution in [0.2, 0.25) is 0 Å². The Morgan fingerprint density at radius 3 is 2.75 bits per heavy atom. The highest BCUT2D eigenvalue weighted by atomic mass is 16.5. The highest BCUT2D eigenvalue weighted by Gasteiger charge is 2.13. The fourth-order valence-electron chi connectivity index (χ4n) is 2.79. The summed E-state index contributed by atoms with van der Waals surface area (Å²) in [6.07, 6.45) is 2.70. The first kappa shape index (κ1) is 16.1. The summed E-state index contributed by atoms with van der Waals surface area (Å²) in [4.78, 5) is 17.2. The Balaban J connectivity index is 1.94. The molecule has 0 saturated heterocycles. The molecule has 3 aromatic rings. The summed E-state index contributed by atoms with van der Waals surface area (Å²) >= 11 is 0. The van der Waals surface area contributed by atoms with Gasteiger partial charge < -0.3 is 14.5 Å². The number of fused-ring (bicyclic) bond motifs is 1. The Hall–Kier alpha value is -2.82. The van der Waals surface area contributed by atoms with Crippen molar-refractivity contribution in [2.45, 2.75) is 27.2 Å². The first-order chi connectivity index (χ1) is 11.5. The predicted octanol–water partition coefficient (Wildman–Crippen LogP) is 3.77. The Bertz CT molecular complexity index is 912. The average Bonchev–Trinajstić information content (AvgIpc) is 2.90. The molecule has 0 bridgehead atoms. The van der Waals surface area contributed by atoms with Crippen molar-refractivity contribution in [2.75, 3.05) is 12.4 Å². The molecule has 0 fully saturated rings. The van der Waals surface area contributed by atoms with Crippen LogP contribution in [0.4, 0.5) is 5.69 Å². The third kappa shape index (κ3) is 2.85. The molecule has 5 nitrogen and oxygen atoms in total. The second-order valence-electron chi connectivity index (χ2n) is 5.80. The summed E-state index contributed by atoms with van der Waals surface area (Å²) in [6.45, 7) is 6.07. The predicted molar refractivity (Wildman–Crippen MR) is 95.0 cm³/mol. The van der Waals surface area contributed by atoms with Crippen LogP contribution in [0.15, 0.2) is 36.5 Å². The quantitative estimate of drug-likeness (QED) is 0.795. The summed E-state index contributed by atoms with van der Waals surface area (Å²) in [5, 5.41) is 2.93. The lowest BCUT2D eigenvalue weighted by molar-refractivity contribution is 0.102. The summed E-state index contributed by atoms with van der Waals surface area (Å²) in [6, 6.07) is 9.35. The van der Waals surface area contributed by atoms with E-state index in [1.807, 2.05) is 48.7 Å². The number of carbonyl (C=O) groups excluding carboxylic acids is 1. The lowest BCUT2D eigenvalue weighted by Gasteiger charge is -2.11. The number of nitrogens with one attached hydrogen (secondary N) is 1. The number of benzene rings is 1. The van der Waals surface area contributed by atoms with Gasteiger partial charge in [0.15, 0.2) is 0 Å². The number of ether oxygens (including phenoxy) is 1. The van der Waals surface area contributed by atoms with Crippen LogP contribution in [-0.4, -0.2) is 22.4 Å². The van der Waals surface area contributed by atoms with Gasteiger partial charge in [-0.2, -0.15) is 0 Å². The van der Waals surface area contributed by atoms with E-state index in [9.17, 15) is 4.79 Å². The molecule has 1 amide bonds. The molecule has 124 valence electrons. The van der Waals surface area contributed by atoms with Gasteiger partial charge in [0.2, 0.25) is 0 Å². The molecule has 0 aliphatic rings. The van der Waals surface area contributed by atoms with Crippen molar-refractivity contribution < 1.29 is 9.53 Å². The topological polar surface area (TPSA) is 55.6 Å². The van der Waals surface area contributed by atoms with Gasteiger partial charge in [-0.05, 0) is 50.1 Å². The third-order valence-electron chi connectivity index (χ3n) is 4.16. The van der Waals surface area contributed by atoms with Gasteiger partial charge in [0, 0.05) is 11.9 Å². The van der Waals surface area contributed by atoms with Gasteiger partial charge in [-0.1, -0.05) is 13.0 Å². The van der Waals surface area contributed by atoms with Crippen LogP contribution >= 0.6 is 0 Å². The minimum atomic E-state index is -0.174. The van der Waals surface area contributed by atoms with Gasteiger partial charge in [0.05, 0.1) is 24.1 Å². The second kappa shape index (κ2) is 6.35. The molecule has 0 aliphatic heterocycles. The van der Waals surface area contributed by atoms with E-state index in [0.29, 0.717) is 17.0 Å². The zero-order valence-electron chi connectivity index (χ0n) is 14.4. The first-order valence-electron chi connectivity index (χ1n) is 7.97. The molecule has 24 heavy (non-hydrogen) atoms. The van der Waals surface area contributed by atoms with Crippen LogP contribution in [0.1, 0.15) is 34.2 Å². The maximum Gasteiger partial charge on any atom is 0.257 e. The summed E-state index contributed by atoms with van der Waals surface area (Å²) in [5.41, 5.74) is 5.27. The molecule has 0 saturated carbocycles. The molecule has 0 aliphatic carbocycles. The molecule has 0 unspecified atom stereocenters. The number of methoxy groups -OCH3 is 1. The van der Waals surface area contributed by atoms with Gasteiger partial charge in [0.1, 0.15) is 11.4 Å². The lowest BCUT2D eigenvalue weighted by atomic mass is 10.2. The molecule has 0 spiro atoms. The second-order valence-corrected chi connectivity index (χ2v) is 5.80. The summed E-state index contributed by atoms with van der Waals surface area (Å²) < 4.78 is 7.27. The van der Waals surface area contributed by atoms with Crippen LogP contribution in [-0.2, 0) is 6.42 Å². The molecule has 1 aromatic carbocycles. The SMILES string of the molecule is CCc1nc2ccc(C(=O)Nc3cc(C)ccc3OC)cn2c1C. The van der Waals surface area contributed by atoms with Crippen LogP contribution in [0, 0.1) is 13.8 Å². The van der Waals surface area contributed by atoms with Gasteiger partial charge >= 0.3 is 0 Å². The van der Waals surface area contributed by atoms with Crippen molar-refractivity contribution in [3.8, 4) is 5.75 Å². The van der Waals surface area contributed by atoms with E-state index in [1.165, 1.54) is 0 Å². The maximum atomic E-state index is 12.6. The molecule has 3 rings (SSSR count). The summed E-state index contributed by atoms with van der Waals surface area (Å²) in [7, 11) is 1.59. The largest absolute Gasteiger partial charge is 0.495 e. The smallest absolute Gasteiger partial charge is 0.257 e. The normalized spacial score (nSPS) is 10.8. The van der Waals surface area contributed by atoms with Crippen LogP contribution in [0.5, 0.6) is 5.75 Å². The Morgan fingerprint density at radius 1 is 1.25 bits per heavy atom. The molecule has 2 aromatic heterocycles. The van der Waals surface area contributed by atoms with E-state index in [-0.39, 0.29) is 5.91 Å². The van der Waals surface area contributed by atoms with Crippen LogP contribution in [0.3, 0.4) is 0 Å². The maximum absolute atomic E-state index is 12.6. The summed E-state index contributed by atoms with van der Waals surface area (Å²) in [5.74, 6) is 0.467. The number of pyridine rings is 1. The number of aryl methyl sites for hydroxylation is 3. The number of hydrogen-bond acceptors (Lipinski definition) is 3. The van der Waals surface area contributed by atoms with Gasteiger partial charge in [0.25, 0.3) is 5.91 Å². The lowest BCUT2D eigenvalue weighted by Crippen LogP contribution is -2.13. The number of aromatic nitrogens is 2. The van der Waals surface area contributed by atoms with Crippen LogP contribution < -0.4 is 10.1 Å². The van der Waals surface area contributed by atoms with E-state index >= 15 is 0 Å². The Kier molecular flexibility index (Phi) is 4.25. The Labute approximate surface area is 141 Å². The number of carbonyl (C=O) groups is 1. The van der Waals surface area contributed by atoms with Crippen molar-refractivity contribution in [3.05, 3.63) is 59.0 Å². The van der Waals surface area contributed by atoms with E-state index in [1.54, 1.807) is 13.2 Å². The molecular formula is C19H21N3O2. The minimum Gasteiger partial charge on any atom is -0.495 e. The minimum absolute atomic E-state index is 0.174. The van der Waals surface area contributed by atoms with Crippen molar-refractivity contribution in [3.63, 3.8) is 0 Å². The number of nitrogens with zero attached hydrogens (tertiary/aromatic N) is 2. The number of rotatable bonds is 4. The molecule has 0 radical (unpaired) electrons. The average molecular weight is 323 g/mol. The molecule has 5 heteroatoms. The van der Waals surface area contributed by atoms with Crippen LogP contribution in [0.25, 0.3) is 5.65 Å². The van der Waals surface area contributed by atoms with Gasteiger partial charge in [-0.25, -0.2) is 4.98 Å². The fourth-order valence-corrected chi connectivity index (χ4v) is 2.79. The van der Waals surface area contributed by atoms with E-state index in [2.05, 4.69) is 17.2 Å². The van der Waals surface area contributed by atoms with Gasteiger partial charge in [-0.15, -0.1) is 0 Å². The third-order valence-corrected chi connectivity index (χ3v) is 4.16. The standard InChI is InChI=1S/C19H21N3O2/c1-5-15-13(3)22-11-14(7-9-18(22)20-15)19(23)21-16-10-12(2)6-8-17(16)24-4/h6-11H,5H2,1-4H3,(H,21,23). The molecule has 2 heterocycles.